The van der Waals surface area contributed by atoms with E-state index in [0.29, 0.717) is 31.0 Å². The van der Waals surface area contributed by atoms with Gasteiger partial charge in [-0.3, -0.25) is 9.59 Å². The highest BCUT2D eigenvalue weighted by Crippen LogP contribution is 2.34. The number of methoxy groups -OCH3 is 1. The summed E-state index contributed by atoms with van der Waals surface area (Å²) < 4.78 is 13.1. The van der Waals surface area contributed by atoms with Crippen molar-refractivity contribution in [3.8, 4) is 17.2 Å². The zero-order chi connectivity index (χ0) is 24.4. The molecule has 184 valence electrons. The summed E-state index contributed by atoms with van der Waals surface area (Å²) >= 11 is 0. The maximum absolute atomic E-state index is 13.9. The minimum absolute atomic E-state index is 0.0949. The predicted octanol–water partition coefficient (Wildman–Crippen LogP) is 4.66. The van der Waals surface area contributed by atoms with Crippen molar-refractivity contribution in [3.63, 3.8) is 0 Å². The first kappa shape index (κ1) is 23.3. The number of ether oxygens (including phenoxy) is 1. The molecule has 5 rings (SSSR count). The molecule has 3 heterocycles. The Morgan fingerprint density at radius 2 is 1.86 bits per heavy atom. The van der Waals surface area contributed by atoms with Crippen LogP contribution in [0.15, 0.2) is 59.2 Å². The van der Waals surface area contributed by atoms with E-state index in [2.05, 4.69) is 5.32 Å². The van der Waals surface area contributed by atoms with Gasteiger partial charge in [-0.05, 0) is 62.1 Å². The largest absolute Gasteiger partial charge is 0.496 e. The van der Waals surface area contributed by atoms with E-state index in [9.17, 15) is 9.59 Å². The quantitative estimate of drug-likeness (QED) is 0.539. The average Bonchev–Trinajstić information content (AvgIpc) is 3.55. The van der Waals surface area contributed by atoms with Crippen molar-refractivity contribution >= 4 is 11.8 Å². The molecule has 7 heteroatoms. The van der Waals surface area contributed by atoms with E-state index in [1.165, 1.54) is 6.42 Å². The second kappa shape index (κ2) is 9.64. The normalized spacial score (nSPS) is 20.5. The molecule has 1 aliphatic carbocycles. The molecule has 1 aromatic carbocycles. The van der Waals surface area contributed by atoms with E-state index in [4.69, 9.17) is 9.15 Å². The molecule has 35 heavy (non-hydrogen) atoms. The third-order valence-corrected chi connectivity index (χ3v) is 7.51. The number of rotatable bonds is 7. The molecule has 1 aliphatic heterocycles. The molecule has 2 aromatic heterocycles. The van der Waals surface area contributed by atoms with Crippen LogP contribution in [-0.4, -0.2) is 46.5 Å². The Labute approximate surface area is 206 Å². The molecule has 0 bridgehead atoms. The summed E-state index contributed by atoms with van der Waals surface area (Å²) in [6, 6.07) is 15.4. The molecule has 1 atom stereocenters. The lowest BCUT2D eigenvalue weighted by molar-refractivity contribution is -0.133. The van der Waals surface area contributed by atoms with Crippen LogP contribution in [0.2, 0.25) is 0 Å². The third kappa shape index (κ3) is 4.35. The average molecular weight is 476 g/mol. The first-order chi connectivity index (χ1) is 17.0. The lowest BCUT2D eigenvalue weighted by atomic mass is 9.91. The first-order valence-electron chi connectivity index (χ1n) is 12.5. The van der Waals surface area contributed by atoms with Crippen LogP contribution in [-0.2, 0) is 17.8 Å². The zero-order valence-electron chi connectivity index (χ0n) is 20.5. The van der Waals surface area contributed by atoms with Gasteiger partial charge in [0.05, 0.1) is 25.6 Å². The minimum Gasteiger partial charge on any atom is -0.496 e. The highest BCUT2D eigenvalue weighted by Gasteiger charge is 2.48. The summed E-state index contributed by atoms with van der Waals surface area (Å²) in [5.41, 5.74) is 1.35. The molecule has 1 N–H and O–H groups in total. The predicted molar refractivity (Wildman–Crippen MR) is 133 cm³/mol. The van der Waals surface area contributed by atoms with Crippen LogP contribution in [0.5, 0.6) is 5.75 Å². The third-order valence-electron chi connectivity index (χ3n) is 7.51. The summed E-state index contributed by atoms with van der Waals surface area (Å²) in [7, 11) is 1.65. The second-order valence-electron chi connectivity index (χ2n) is 9.77. The molecule has 3 aromatic rings. The fraction of sp³-hybridized carbons (Fsp3) is 0.429. The number of hydrogen-bond donors (Lipinski definition) is 1. The van der Waals surface area contributed by atoms with Gasteiger partial charge in [0, 0.05) is 12.6 Å². The number of fused-ring (bicyclic) bond motifs is 1. The molecule has 0 unspecified atom stereocenters. The second-order valence-corrected chi connectivity index (χ2v) is 9.77. The van der Waals surface area contributed by atoms with Crippen molar-refractivity contribution in [1.82, 2.24) is 14.8 Å². The van der Waals surface area contributed by atoms with E-state index < -0.39 is 5.54 Å². The van der Waals surface area contributed by atoms with Gasteiger partial charge in [0.2, 0.25) is 5.91 Å². The molecule has 2 amide bonds. The Hall–Kier alpha value is -3.48. The monoisotopic (exact) mass is 475 g/mol. The molecule has 1 saturated carbocycles. The van der Waals surface area contributed by atoms with Gasteiger partial charge in [-0.1, -0.05) is 37.5 Å². The molecule has 2 aliphatic rings. The Morgan fingerprint density at radius 1 is 1.09 bits per heavy atom. The van der Waals surface area contributed by atoms with Gasteiger partial charge in [0.15, 0.2) is 0 Å². The highest BCUT2D eigenvalue weighted by atomic mass is 16.5. The van der Waals surface area contributed by atoms with Crippen LogP contribution < -0.4 is 10.1 Å². The van der Waals surface area contributed by atoms with Crippen molar-refractivity contribution in [3.05, 3.63) is 66.1 Å². The van der Waals surface area contributed by atoms with E-state index >= 15 is 0 Å². The van der Waals surface area contributed by atoms with Gasteiger partial charge in [-0.25, -0.2) is 0 Å². The summed E-state index contributed by atoms with van der Waals surface area (Å²) in [6.45, 7) is 2.66. The van der Waals surface area contributed by atoms with E-state index in [1.54, 1.807) is 18.3 Å². The number of aromatic nitrogens is 1. The van der Waals surface area contributed by atoms with Gasteiger partial charge in [0.1, 0.15) is 22.7 Å². The molecular weight excluding hydrogens is 442 g/mol. The van der Waals surface area contributed by atoms with Gasteiger partial charge >= 0.3 is 0 Å². The lowest BCUT2D eigenvalue weighted by Crippen LogP contribution is -2.65. The first-order valence-corrected chi connectivity index (χ1v) is 12.5. The number of para-hydroxylation sites is 1. The zero-order valence-corrected chi connectivity index (χ0v) is 20.5. The molecular formula is C28H33N3O4. The smallest absolute Gasteiger partial charge is 0.271 e. The molecule has 0 saturated heterocycles. The Morgan fingerprint density at radius 3 is 2.60 bits per heavy atom. The van der Waals surface area contributed by atoms with Crippen molar-refractivity contribution in [2.45, 2.75) is 63.6 Å². The fourth-order valence-corrected chi connectivity index (χ4v) is 5.49. The number of furan rings is 1. The van der Waals surface area contributed by atoms with Crippen LogP contribution in [0, 0.1) is 0 Å². The molecule has 7 nitrogen and oxygen atoms in total. The lowest BCUT2D eigenvalue weighted by Gasteiger charge is -2.45. The number of amides is 2. The summed E-state index contributed by atoms with van der Waals surface area (Å²) in [5.74, 6) is 1.23. The maximum Gasteiger partial charge on any atom is 0.271 e. The Balaban J connectivity index is 1.48. The topological polar surface area (TPSA) is 76.7 Å². The molecule has 1 fully saturated rings. The number of carbonyl (C=O) groups excluding carboxylic acids is 2. The number of hydrogen-bond acceptors (Lipinski definition) is 4. The van der Waals surface area contributed by atoms with Gasteiger partial charge in [0.25, 0.3) is 5.91 Å². The summed E-state index contributed by atoms with van der Waals surface area (Å²) in [4.78, 5) is 29.4. The number of nitrogens with zero attached hydrogens (tertiary/aromatic N) is 2. The Kier molecular flexibility index (Phi) is 6.41. The van der Waals surface area contributed by atoms with Crippen molar-refractivity contribution < 1.29 is 18.7 Å². The summed E-state index contributed by atoms with van der Waals surface area (Å²) in [6.07, 6.45) is 7.66. The van der Waals surface area contributed by atoms with Gasteiger partial charge < -0.3 is 23.9 Å². The van der Waals surface area contributed by atoms with Crippen molar-refractivity contribution in [2.24, 2.45) is 0 Å². The van der Waals surface area contributed by atoms with Crippen LogP contribution in [0.25, 0.3) is 11.5 Å². The van der Waals surface area contributed by atoms with Crippen molar-refractivity contribution in [2.75, 3.05) is 13.7 Å². The number of benzene rings is 1. The van der Waals surface area contributed by atoms with E-state index in [1.807, 2.05) is 60.0 Å². The van der Waals surface area contributed by atoms with Crippen LogP contribution >= 0.6 is 0 Å². The Bertz CT molecular complexity index is 1190. The van der Waals surface area contributed by atoms with Crippen LogP contribution in [0.1, 0.15) is 55.1 Å². The van der Waals surface area contributed by atoms with Gasteiger partial charge in [-0.15, -0.1) is 0 Å². The van der Waals surface area contributed by atoms with Crippen molar-refractivity contribution in [1.29, 1.82) is 0 Å². The molecule has 0 radical (unpaired) electrons. The van der Waals surface area contributed by atoms with Gasteiger partial charge in [-0.2, -0.15) is 0 Å². The SMILES string of the molecule is COc1ccccc1CCN1C(=O)c2ccc(-c3ccco3)n2C[C@]1(C)C(=O)NC1CCCCC1. The minimum atomic E-state index is -1.04. The fourth-order valence-electron chi connectivity index (χ4n) is 5.49. The van der Waals surface area contributed by atoms with E-state index in [-0.39, 0.29) is 17.9 Å². The number of carbonyl (C=O) groups is 2. The standard InChI is InChI=1S/C28H33N3O4/c1-28(27(33)29-21-10-4-3-5-11-21)19-30-22(25-13-8-18-35-25)14-15-23(30)26(32)31(28)17-16-20-9-6-7-12-24(20)34-2/h6-9,12-15,18,21H,3-5,10-11,16-17,19H2,1-2H3,(H,29,33)/t28-/m1/s1. The summed E-state index contributed by atoms with van der Waals surface area (Å²) in [5, 5.41) is 3.28. The van der Waals surface area contributed by atoms with Crippen LogP contribution in [0.3, 0.4) is 0 Å². The molecule has 0 spiro atoms. The van der Waals surface area contributed by atoms with Crippen LogP contribution in [0.4, 0.5) is 0 Å². The highest BCUT2D eigenvalue weighted by molar-refractivity contribution is 6.00. The number of nitrogens with one attached hydrogen (secondary N) is 1. The van der Waals surface area contributed by atoms with E-state index in [0.717, 1.165) is 42.7 Å². The maximum atomic E-state index is 13.9.